The fourth-order valence-corrected chi connectivity index (χ4v) is 5.02. The van der Waals surface area contributed by atoms with E-state index in [-0.39, 0.29) is 16.3 Å². The van der Waals surface area contributed by atoms with Crippen molar-refractivity contribution >= 4 is 26.9 Å². The Hall–Kier alpha value is -4.17. The topological polar surface area (TPSA) is 123 Å². The number of H-pyrrole nitrogens is 1. The molecular formula is C25H26N6O4S. The van der Waals surface area contributed by atoms with Crippen molar-refractivity contribution in [3.8, 4) is 17.1 Å². The molecule has 0 saturated heterocycles. The molecule has 2 aromatic carbocycles. The standard InChI is InChI=1S/C25H26N6O4S/c1-6-8-22-27-16(4)23-25(32)28-24(29-31(22)23)19-14-18(10-12-21(19)35-7-2)36(33,34)30-17-9-11-20(26-5)15(3)13-17/h9-14,30H,6-8H2,1-4H3,(H,28,29,32). The number of imidazole rings is 1. The van der Waals surface area contributed by atoms with Gasteiger partial charge in [-0.2, -0.15) is 0 Å². The number of aromatic nitrogens is 4. The molecule has 186 valence electrons. The second-order valence-corrected chi connectivity index (χ2v) is 9.92. The second-order valence-electron chi connectivity index (χ2n) is 8.24. The Morgan fingerprint density at radius 2 is 1.94 bits per heavy atom. The van der Waals surface area contributed by atoms with Crippen molar-refractivity contribution in [3.05, 3.63) is 75.3 Å². The van der Waals surface area contributed by atoms with E-state index >= 15 is 0 Å². The first-order valence-corrected chi connectivity index (χ1v) is 12.9. The number of aromatic amines is 1. The maximum atomic E-state index is 13.2. The van der Waals surface area contributed by atoms with Gasteiger partial charge >= 0.3 is 0 Å². The van der Waals surface area contributed by atoms with E-state index in [0.717, 1.165) is 6.42 Å². The third kappa shape index (κ3) is 4.67. The van der Waals surface area contributed by atoms with Crippen LogP contribution in [0.1, 0.15) is 37.4 Å². The summed E-state index contributed by atoms with van der Waals surface area (Å²) in [5.74, 6) is 1.20. The van der Waals surface area contributed by atoms with Gasteiger partial charge in [-0.25, -0.2) is 22.8 Å². The molecule has 4 rings (SSSR count). The van der Waals surface area contributed by atoms with Crippen LogP contribution >= 0.6 is 0 Å². The molecule has 4 aromatic rings. The van der Waals surface area contributed by atoms with Crippen LogP contribution < -0.4 is 15.0 Å². The molecule has 2 heterocycles. The monoisotopic (exact) mass is 506 g/mol. The van der Waals surface area contributed by atoms with Crippen LogP contribution in [0.15, 0.2) is 46.1 Å². The fourth-order valence-electron chi connectivity index (χ4n) is 3.94. The minimum Gasteiger partial charge on any atom is -0.493 e. The lowest BCUT2D eigenvalue weighted by molar-refractivity contribution is 0.341. The lowest BCUT2D eigenvalue weighted by Gasteiger charge is -2.14. The molecule has 0 amide bonds. The van der Waals surface area contributed by atoms with E-state index in [0.29, 0.717) is 58.3 Å². The van der Waals surface area contributed by atoms with Crippen LogP contribution in [0.3, 0.4) is 0 Å². The van der Waals surface area contributed by atoms with Gasteiger partial charge in [0, 0.05) is 12.1 Å². The summed E-state index contributed by atoms with van der Waals surface area (Å²) in [6, 6.07) is 9.09. The van der Waals surface area contributed by atoms with Crippen LogP contribution in [0.5, 0.6) is 5.75 Å². The molecule has 10 nitrogen and oxygen atoms in total. The number of fused-ring (bicyclic) bond motifs is 1. The Kier molecular flexibility index (Phi) is 6.81. The summed E-state index contributed by atoms with van der Waals surface area (Å²) >= 11 is 0. The first-order valence-electron chi connectivity index (χ1n) is 11.4. The summed E-state index contributed by atoms with van der Waals surface area (Å²) in [4.78, 5) is 23.5. The van der Waals surface area contributed by atoms with Crippen molar-refractivity contribution < 1.29 is 13.2 Å². The largest absolute Gasteiger partial charge is 0.493 e. The number of anilines is 1. The van der Waals surface area contributed by atoms with E-state index in [1.807, 2.05) is 13.8 Å². The van der Waals surface area contributed by atoms with Crippen LogP contribution in [0.25, 0.3) is 21.7 Å². The van der Waals surface area contributed by atoms with Gasteiger partial charge in [-0.3, -0.25) is 9.52 Å². The Bertz CT molecular complexity index is 1660. The Labute approximate surface area is 208 Å². The third-order valence-electron chi connectivity index (χ3n) is 5.60. The minimum absolute atomic E-state index is 0.0359. The summed E-state index contributed by atoms with van der Waals surface area (Å²) in [7, 11) is -4.00. The van der Waals surface area contributed by atoms with E-state index in [2.05, 4.69) is 24.6 Å². The molecule has 11 heteroatoms. The number of ether oxygens (including phenoxy) is 1. The van der Waals surface area contributed by atoms with Gasteiger partial charge in [-0.05, 0) is 63.1 Å². The summed E-state index contributed by atoms with van der Waals surface area (Å²) in [5.41, 5.74) is 2.31. The van der Waals surface area contributed by atoms with Crippen LogP contribution in [0.4, 0.5) is 11.4 Å². The third-order valence-corrected chi connectivity index (χ3v) is 6.98. The number of hydrogen-bond acceptors (Lipinski definition) is 6. The lowest BCUT2D eigenvalue weighted by atomic mass is 10.2. The smallest absolute Gasteiger partial charge is 0.277 e. The van der Waals surface area contributed by atoms with Gasteiger partial charge in [-0.1, -0.05) is 13.0 Å². The van der Waals surface area contributed by atoms with Crippen molar-refractivity contribution in [2.75, 3.05) is 11.3 Å². The Balaban J connectivity index is 1.83. The molecule has 0 spiro atoms. The molecule has 2 aromatic heterocycles. The minimum atomic E-state index is -4.00. The zero-order chi connectivity index (χ0) is 26.0. The van der Waals surface area contributed by atoms with E-state index < -0.39 is 10.0 Å². The highest BCUT2D eigenvalue weighted by Crippen LogP contribution is 2.31. The normalized spacial score (nSPS) is 11.4. The molecular weight excluding hydrogens is 480 g/mol. The predicted molar refractivity (Wildman–Crippen MR) is 137 cm³/mol. The first kappa shape index (κ1) is 24.9. The number of rotatable bonds is 8. The molecule has 0 aliphatic carbocycles. The summed E-state index contributed by atoms with van der Waals surface area (Å²) < 4.78 is 36.2. The molecule has 0 unspecified atom stereocenters. The van der Waals surface area contributed by atoms with E-state index in [9.17, 15) is 13.2 Å². The zero-order valence-corrected chi connectivity index (χ0v) is 21.2. The highest BCUT2D eigenvalue weighted by atomic mass is 32.2. The van der Waals surface area contributed by atoms with Crippen LogP contribution in [-0.4, -0.2) is 34.6 Å². The zero-order valence-electron chi connectivity index (χ0n) is 20.4. The molecule has 2 N–H and O–H groups in total. The molecule has 0 bridgehead atoms. The van der Waals surface area contributed by atoms with Gasteiger partial charge in [0.15, 0.2) is 17.0 Å². The van der Waals surface area contributed by atoms with Crippen molar-refractivity contribution in [1.29, 1.82) is 0 Å². The highest BCUT2D eigenvalue weighted by molar-refractivity contribution is 7.92. The molecule has 0 saturated carbocycles. The van der Waals surface area contributed by atoms with Gasteiger partial charge in [0.25, 0.3) is 15.6 Å². The Morgan fingerprint density at radius 1 is 1.17 bits per heavy atom. The van der Waals surface area contributed by atoms with Crippen molar-refractivity contribution in [3.63, 3.8) is 0 Å². The van der Waals surface area contributed by atoms with Gasteiger partial charge < -0.3 is 9.72 Å². The summed E-state index contributed by atoms with van der Waals surface area (Å²) in [5, 5.41) is 4.60. The average Bonchev–Trinajstić information content (AvgIpc) is 3.15. The van der Waals surface area contributed by atoms with E-state index in [1.54, 1.807) is 26.0 Å². The summed E-state index contributed by atoms with van der Waals surface area (Å²) in [6.45, 7) is 14.8. The lowest BCUT2D eigenvalue weighted by Crippen LogP contribution is -2.17. The van der Waals surface area contributed by atoms with Crippen LogP contribution in [-0.2, 0) is 16.4 Å². The molecule has 0 aliphatic heterocycles. The number of nitrogens with one attached hydrogen (secondary N) is 2. The Morgan fingerprint density at radius 3 is 2.61 bits per heavy atom. The SMILES string of the molecule is [C-]#[N+]c1ccc(NS(=O)(=O)c2ccc(OCC)c(-c3nn4c(CCC)nc(C)c4c(=O)[nH]3)c2)cc1C. The van der Waals surface area contributed by atoms with Gasteiger partial charge in [0.05, 0.1) is 29.3 Å². The quantitative estimate of drug-likeness (QED) is 0.342. The fraction of sp³-hybridized carbons (Fsp3) is 0.280. The van der Waals surface area contributed by atoms with E-state index in [4.69, 9.17) is 11.3 Å². The van der Waals surface area contributed by atoms with Crippen molar-refractivity contribution in [2.24, 2.45) is 0 Å². The number of nitrogens with zero attached hydrogens (tertiary/aromatic N) is 4. The highest BCUT2D eigenvalue weighted by Gasteiger charge is 2.21. The van der Waals surface area contributed by atoms with Gasteiger partial charge in [0.2, 0.25) is 0 Å². The number of aryl methyl sites for hydroxylation is 3. The van der Waals surface area contributed by atoms with Crippen molar-refractivity contribution in [1.82, 2.24) is 19.6 Å². The summed E-state index contributed by atoms with van der Waals surface area (Å²) in [6.07, 6.45) is 1.45. The van der Waals surface area contributed by atoms with Crippen LogP contribution in [0.2, 0.25) is 0 Å². The molecule has 0 aliphatic rings. The molecule has 0 radical (unpaired) electrons. The molecule has 0 fully saturated rings. The second kappa shape index (κ2) is 9.83. The van der Waals surface area contributed by atoms with Crippen molar-refractivity contribution in [2.45, 2.75) is 45.4 Å². The maximum absolute atomic E-state index is 13.2. The first-order chi connectivity index (χ1) is 17.2. The average molecular weight is 507 g/mol. The van der Waals surface area contributed by atoms with E-state index in [1.165, 1.54) is 28.8 Å². The number of benzene rings is 2. The maximum Gasteiger partial charge on any atom is 0.277 e. The van der Waals surface area contributed by atoms with Gasteiger partial charge in [-0.15, -0.1) is 5.10 Å². The van der Waals surface area contributed by atoms with Gasteiger partial charge in [0.1, 0.15) is 11.6 Å². The molecule has 36 heavy (non-hydrogen) atoms. The molecule has 0 atom stereocenters. The number of hydrogen-bond donors (Lipinski definition) is 2. The predicted octanol–water partition coefficient (Wildman–Crippen LogP) is 4.40. The van der Waals surface area contributed by atoms with Crippen LogP contribution in [0, 0.1) is 20.4 Å². The number of sulfonamides is 1.